The van der Waals surface area contributed by atoms with E-state index in [2.05, 4.69) is 15.9 Å². The maximum absolute atomic E-state index is 14.2. The summed E-state index contributed by atoms with van der Waals surface area (Å²) < 4.78 is 19.1. The third kappa shape index (κ3) is 6.45. The minimum atomic E-state index is -0.768. The van der Waals surface area contributed by atoms with Gasteiger partial charge in [0, 0.05) is 17.4 Å². The van der Waals surface area contributed by atoms with Crippen molar-refractivity contribution < 1.29 is 23.8 Å². The summed E-state index contributed by atoms with van der Waals surface area (Å²) in [4.78, 5) is 45.9. The third-order valence-electron chi connectivity index (χ3n) is 6.68. The lowest BCUT2D eigenvalue weighted by Gasteiger charge is -2.26. The molecular formula is C33H29BrN2O6S2. The molecule has 5 rings (SSSR count). The first-order chi connectivity index (χ1) is 21.2. The molecule has 0 radical (unpaired) electrons. The number of halogens is 1. The Morgan fingerprint density at radius 3 is 2.43 bits per heavy atom. The number of carbonyl (C=O) groups is 2. The molecule has 4 aromatic rings. The van der Waals surface area contributed by atoms with Crippen molar-refractivity contribution in [1.29, 1.82) is 0 Å². The van der Waals surface area contributed by atoms with E-state index in [1.54, 1.807) is 41.5 Å². The van der Waals surface area contributed by atoms with Gasteiger partial charge in [-0.15, -0.1) is 11.8 Å². The van der Waals surface area contributed by atoms with Crippen molar-refractivity contribution in [2.75, 3.05) is 19.5 Å². The number of thiazole rings is 1. The molecule has 44 heavy (non-hydrogen) atoms. The van der Waals surface area contributed by atoms with E-state index in [1.165, 1.54) is 18.3 Å². The van der Waals surface area contributed by atoms with E-state index in [-0.39, 0.29) is 17.9 Å². The van der Waals surface area contributed by atoms with E-state index in [9.17, 15) is 14.4 Å². The highest BCUT2D eigenvalue weighted by Crippen LogP contribution is 2.38. The van der Waals surface area contributed by atoms with Gasteiger partial charge < -0.3 is 14.2 Å². The summed E-state index contributed by atoms with van der Waals surface area (Å²) in [6.45, 7) is 5.41. The smallest absolute Gasteiger partial charge is 0.338 e. The Hall–Kier alpha value is -3.93. The molecule has 0 fully saturated rings. The van der Waals surface area contributed by atoms with Gasteiger partial charge in [-0.1, -0.05) is 53.8 Å². The molecule has 1 aliphatic rings. The Morgan fingerprint density at radius 1 is 1.07 bits per heavy atom. The van der Waals surface area contributed by atoms with Gasteiger partial charge in [0.15, 0.2) is 16.3 Å². The molecule has 0 saturated carbocycles. The fraction of sp³-hybridized carbons (Fsp3) is 0.212. The number of thioether (sulfide) groups is 1. The number of aromatic nitrogens is 1. The number of rotatable bonds is 9. The minimum absolute atomic E-state index is 0.174. The van der Waals surface area contributed by atoms with Gasteiger partial charge in [-0.25, -0.2) is 9.79 Å². The molecule has 0 bridgehead atoms. The minimum Gasteiger partial charge on any atom is -0.490 e. The molecule has 11 heteroatoms. The predicted molar refractivity (Wildman–Crippen MR) is 176 cm³/mol. The highest BCUT2D eigenvalue weighted by molar-refractivity contribution is 9.10. The number of benzene rings is 3. The van der Waals surface area contributed by atoms with E-state index in [0.29, 0.717) is 43.0 Å². The molecule has 0 spiro atoms. The number of esters is 2. The van der Waals surface area contributed by atoms with E-state index >= 15 is 0 Å². The van der Waals surface area contributed by atoms with Gasteiger partial charge in [0.1, 0.15) is 0 Å². The molecule has 226 valence electrons. The molecular weight excluding hydrogens is 664 g/mol. The van der Waals surface area contributed by atoms with Crippen LogP contribution in [0, 0.1) is 0 Å². The zero-order chi connectivity index (χ0) is 31.4. The van der Waals surface area contributed by atoms with Crippen LogP contribution in [0.1, 0.15) is 43.5 Å². The Balaban J connectivity index is 1.77. The van der Waals surface area contributed by atoms with Gasteiger partial charge in [0.05, 0.1) is 39.5 Å². The van der Waals surface area contributed by atoms with Crippen molar-refractivity contribution in [1.82, 2.24) is 4.57 Å². The number of nitrogens with zero attached hydrogens (tertiary/aromatic N) is 2. The molecule has 8 nitrogen and oxygen atoms in total. The lowest BCUT2D eigenvalue weighted by Crippen LogP contribution is -2.40. The molecule has 2 heterocycles. The van der Waals surface area contributed by atoms with Crippen LogP contribution in [0.4, 0.5) is 0 Å². The normalized spacial score (nSPS) is 14.6. The molecule has 1 atom stereocenters. The molecule has 0 unspecified atom stereocenters. The maximum atomic E-state index is 14.2. The van der Waals surface area contributed by atoms with Crippen molar-refractivity contribution in [3.63, 3.8) is 0 Å². The van der Waals surface area contributed by atoms with Gasteiger partial charge in [-0.2, -0.15) is 0 Å². The number of fused-ring (bicyclic) bond motifs is 1. The quantitative estimate of drug-likeness (QED) is 0.125. The highest BCUT2D eigenvalue weighted by Gasteiger charge is 2.35. The standard InChI is InChI=1S/C33H29BrN2O6S2/c1-5-40-25-17-20(16-24(34)30(25)42-19(3)37)18-26-31(38)36-29(22-12-14-23(43-4)15-13-22)27(32(39)41-6-2)28(35-33(36)44-26)21-10-8-7-9-11-21/h7-18,29H,5-6H2,1-4H3/b26-18-/t29-/m1/s1. The van der Waals surface area contributed by atoms with Crippen LogP contribution in [0.3, 0.4) is 0 Å². The molecule has 0 aliphatic carbocycles. The molecule has 0 N–H and O–H groups in total. The maximum Gasteiger partial charge on any atom is 0.338 e. The summed E-state index contributed by atoms with van der Waals surface area (Å²) in [7, 11) is 0. The topological polar surface area (TPSA) is 96.2 Å². The summed E-state index contributed by atoms with van der Waals surface area (Å²) in [6, 6.07) is 19.9. The van der Waals surface area contributed by atoms with Crippen LogP contribution in [0.15, 0.2) is 91.5 Å². The third-order valence-corrected chi connectivity index (χ3v) is 9.00. The first kappa shape index (κ1) is 31.5. The molecule has 1 aliphatic heterocycles. The van der Waals surface area contributed by atoms with Gasteiger partial charge in [-0.3, -0.25) is 14.2 Å². The predicted octanol–water partition coefficient (Wildman–Crippen LogP) is 5.74. The van der Waals surface area contributed by atoms with Gasteiger partial charge in [-0.05, 0) is 77.5 Å². The number of hydrogen-bond acceptors (Lipinski definition) is 9. The zero-order valence-electron chi connectivity index (χ0n) is 24.5. The van der Waals surface area contributed by atoms with Crippen molar-refractivity contribution in [3.8, 4) is 11.5 Å². The summed E-state index contributed by atoms with van der Waals surface area (Å²) >= 11 is 6.30. The van der Waals surface area contributed by atoms with E-state index in [4.69, 9.17) is 19.2 Å². The lowest BCUT2D eigenvalue weighted by molar-refractivity contribution is -0.139. The zero-order valence-corrected chi connectivity index (χ0v) is 27.7. The van der Waals surface area contributed by atoms with Crippen molar-refractivity contribution in [2.45, 2.75) is 31.7 Å². The number of hydrogen-bond donors (Lipinski definition) is 0. The average molecular weight is 694 g/mol. The molecule has 1 aromatic heterocycles. The summed E-state index contributed by atoms with van der Waals surface area (Å²) in [6.07, 6.45) is 3.72. The van der Waals surface area contributed by atoms with E-state index in [0.717, 1.165) is 16.0 Å². The van der Waals surface area contributed by atoms with Gasteiger partial charge >= 0.3 is 11.9 Å². The fourth-order valence-corrected chi connectivity index (χ4v) is 6.82. The van der Waals surface area contributed by atoms with Crippen LogP contribution in [0.2, 0.25) is 0 Å². The van der Waals surface area contributed by atoms with Crippen LogP contribution in [-0.2, 0) is 14.3 Å². The second kappa shape index (κ2) is 13.8. The Labute approximate surface area is 270 Å². The fourth-order valence-electron chi connectivity index (χ4n) is 4.87. The van der Waals surface area contributed by atoms with Crippen molar-refractivity contribution >= 4 is 62.7 Å². The average Bonchev–Trinajstić information content (AvgIpc) is 3.32. The Bertz CT molecular complexity index is 1930. The van der Waals surface area contributed by atoms with Crippen LogP contribution >= 0.6 is 39.0 Å². The van der Waals surface area contributed by atoms with E-state index in [1.807, 2.05) is 67.8 Å². The SMILES string of the molecule is CCOC(=O)C1=C(c2ccccc2)N=c2s/c(=C\c3cc(Br)c(OC(C)=O)c(OCC)c3)c(=O)n2[C@@H]1c1ccc(SC)cc1. The second-order valence-electron chi connectivity index (χ2n) is 9.56. The second-order valence-corrected chi connectivity index (χ2v) is 12.3. The van der Waals surface area contributed by atoms with Crippen molar-refractivity contribution in [2.24, 2.45) is 4.99 Å². The molecule has 3 aromatic carbocycles. The summed E-state index contributed by atoms with van der Waals surface area (Å²) in [5, 5.41) is 0. The highest BCUT2D eigenvalue weighted by atomic mass is 79.9. The number of ether oxygens (including phenoxy) is 3. The monoisotopic (exact) mass is 692 g/mol. The first-order valence-corrected chi connectivity index (χ1v) is 16.7. The Kier molecular flexibility index (Phi) is 9.87. The van der Waals surface area contributed by atoms with Crippen LogP contribution in [-0.4, -0.2) is 36.0 Å². The van der Waals surface area contributed by atoms with Gasteiger partial charge in [0.2, 0.25) is 0 Å². The molecule has 0 saturated heterocycles. The van der Waals surface area contributed by atoms with Crippen LogP contribution in [0.5, 0.6) is 11.5 Å². The summed E-state index contributed by atoms with van der Waals surface area (Å²) in [5.41, 5.74) is 2.60. The van der Waals surface area contributed by atoms with Crippen LogP contribution < -0.4 is 24.4 Å². The van der Waals surface area contributed by atoms with E-state index < -0.39 is 18.0 Å². The van der Waals surface area contributed by atoms with Crippen molar-refractivity contribution in [3.05, 3.63) is 113 Å². The van der Waals surface area contributed by atoms with Crippen LogP contribution in [0.25, 0.3) is 11.8 Å². The lowest BCUT2D eigenvalue weighted by atomic mass is 9.93. The first-order valence-electron chi connectivity index (χ1n) is 13.8. The molecule has 0 amide bonds. The number of carbonyl (C=O) groups excluding carboxylic acids is 2. The van der Waals surface area contributed by atoms with Gasteiger partial charge in [0.25, 0.3) is 5.56 Å². The largest absolute Gasteiger partial charge is 0.490 e. The summed E-state index contributed by atoms with van der Waals surface area (Å²) in [5.74, 6) is -0.392. The Morgan fingerprint density at radius 2 is 1.80 bits per heavy atom.